The lowest BCUT2D eigenvalue weighted by atomic mass is 10.2. The molecular weight excluding hydrogens is 310 g/mol. The van der Waals surface area contributed by atoms with Gasteiger partial charge in [0.25, 0.3) is 0 Å². The molecule has 1 aromatic carbocycles. The first kappa shape index (κ1) is 15.5. The SMILES string of the molecule is CN=C(SC)N1CCC[C@@H]1c1nnn(-c2cccc(C#N)c2)n1. The molecule has 8 heteroatoms. The van der Waals surface area contributed by atoms with Crippen molar-refractivity contribution in [2.45, 2.75) is 18.9 Å². The monoisotopic (exact) mass is 327 g/mol. The van der Waals surface area contributed by atoms with Gasteiger partial charge in [0.1, 0.15) is 0 Å². The normalized spacial score (nSPS) is 18.2. The summed E-state index contributed by atoms with van der Waals surface area (Å²) in [4.78, 5) is 8.05. The van der Waals surface area contributed by atoms with Gasteiger partial charge in [0, 0.05) is 13.6 Å². The quantitative estimate of drug-likeness (QED) is 0.620. The van der Waals surface area contributed by atoms with E-state index in [4.69, 9.17) is 5.26 Å². The second-order valence-corrected chi connectivity index (χ2v) is 5.93. The zero-order valence-electron chi connectivity index (χ0n) is 13.0. The number of hydrogen-bond donors (Lipinski definition) is 0. The number of nitrogens with zero attached hydrogens (tertiary/aromatic N) is 7. The van der Waals surface area contributed by atoms with Crippen molar-refractivity contribution in [3.8, 4) is 11.8 Å². The average molecular weight is 327 g/mol. The van der Waals surface area contributed by atoms with Crippen molar-refractivity contribution in [3.05, 3.63) is 35.7 Å². The van der Waals surface area contributed by atoms with Gasteiger partial charge in [-0.25, -0.2) is 0 Å². The molecule has 1 saturated heterocycles. The van der Waals surface area contributed by atoms with Crippen molar-refractivity contribution >= 4 is 16.9 Å². The van der Waals surface area contributed by atoms with Gasteiger partial charge >= 0.3 is 0 Å². The summed E-state index contributed by atoms with van der Waals surface area (Å²) in [7, 11) is 1.80. The van der Waals surface area contributed by atoms with Gasteiger partial charge in [-0.3, -0.25) is 4.99 Å². The molecule has 2 aromatic rings. The molecule has 1 atom stereocenters. The summed E-state index contributed by atoms with van der Waals surface area (Å²) in [5, 5.41) is 22.9. The highest BCUT2D eigenvalue weighted by molar-refractivity contribution is 8.13. The molecule has 2 heterocycles. The Morgan fingerprint density at radius 1 is 1.48 bits per heavy atom. The third kappa shape index (κ3) is 3.05. The molecule has 1 aliphatic rings. The van der Waals surface area contributed by atoms with Gasteiger partial charge in [-0.15, -0.1) is 15.0 Å². The van der Waals surface area contributed by atoms with E-state index in [1.54, 1.807) is 30.9 Å². The molecule has 0 saturated carbocycles. The van der Waals surface area contributed by atoms with E-state index >= 15 is 0 Å². The molecule has 0 N–H and O–H groups in total. The molecule has 0 radical (unpaired) electrons. The molecule has 0 aliphatic carbocycles. The summed E-state index contributed by atoms with van der Waals surface area (Å²) in [6.45, 7) is 0.955. The van der Waals surface area contributed by atoms with Crippen molar-refractivity contribution in [1.29, 1.82) is 5.26 Å². The van der Waals surface area contributed by atoms with E-state index in [0.29, 0.717) is 11.4 Å². The highest BCUT2D eigenvalue weighted by Gasteiger charge is 2.31. The minimum atomic E-state index is 0.106. The Balaban J connectivity index is 1.88. The number of aliphatic imine (C=N–C) groups is 1. The molecule has 118 valence electrons. The van der Waals surface area contributed by atoms with Gasteiger partial charge < -0.3 is 4.90 Å². The Bertz CT molecular complexity index is 761. The van der Waals surface area contributed by atoms with Gasteiger partial charge in [0.15, 0.2) is 11.0 Å². The maximum absolute atomic E-state index is 9.00. The number of thioether (sulfide) groups is 1. The molecule has 0 spiro atoms. The van der Waals surface area contributed by atoms with Gasteiger partial charge in [0.2, 0.25) is 0 Å². The molecule has 7 nitrogen and oxygen atoms in total. The Labute approximate surface area is 139 Å². The van der Waals surface area contributed by atoms with Crippen molar-refractivity contribution < 1.29 is 0 Å². The second-order valence-electron chi connectivity index (χ2n) is 5.16. The van der Waals surface area contributed by atoms with Crippen molar-refractivity contribution in [3.63, 3.8) is 0 Å². The van der Waals surface area contributed by atoms with Crippen LogP contribution in [0.5, 0.6) is 0 Å². The standard InChI is InChI=1S/C15H17N7S/c1-17-15(23-2)21-8-4-7-13(21)14-18-20-22(19-14)12-6-3-5-11(9-12)10-16/h3,5-6,9,13H,4,7-8H2,1-2H3/t13-/m1/s1. The zero-order valence-corrected chi connectivity index (χ0v) is 13.9. The summed E-state index contributed by atoms with van der Waals surface area (Å²) >= 11 is 1.63. The van der Waals surface area contributed by atoms with E-state index in [-0.39, 0.29) is 6.04 Å². The Morgan fingerprint density at radius 3 is 3.09 bits per heavy atom. The van der Waals surface area contributed by atoms with Crippen LogP contribution < -0.4 is 0 Å². The lowest BCUT2D eigenvalue weighted by Crippen LogP contribution is -2.29. The van der Waals surface area contributed by atoms with Crippen LogP contribution in [0.2, 0.25) is 0 Å². The Kier molecular flexibility index (Phi) is 4.57. The molecule has 3 rings (SSSR count). The molecule has 0 amide bonds. The average Bonchev–Trinajstić information content (AvgIpc) is 3.25. The number of rotatable bonds is 2. The Hall–Kier alpha value is -2.40. The topological polar surface area (TPSA) is 83.0 Å². The number of likely N-dealkylation sites (tertiary alicyclic amines) is 1. The van der Waals surface area contributed by atoms with E-state index in [2.05, 4.69) is 31.4 Å². The summed E-state index contributed by atoms with van der Waals surface area (Å²) in [6, 6.07) is 9.40. The summed E-state index contributed by atoms with van der Waals surface area (Å²) in [6.07, 6.45) is 4.10. The number of nitriles is 1. The molecule has 1 aliphatic heterocycles. The number of tetrazole rings is 1. The van der Waals surface area contributed by atoms with Crippen LogP contribution >= 0.6 is 11.8 Å². The highest BCUT2D eigenvalue weighted by atomic mass is 32.2. The Morgan fingerprint density at radius 2 is 2.35 bits per heavy atom. The molecule has 0 unspecified atom stereocenters. The van der Waals surface area contributed by atoms with E-state index in [1.165, 1.54) is 4.80 Å². The maximum Gasteiger partial charge on any atom is 0.197 e. The van der Waals surface area contributed by atoms with Gasteiger partial charge in [-0.2, -0.15) is 5.26 Å². The predicted molar refractivity (Wildman–Crippen MR) is 89.4 cm³/mol. The largest absolute Gasteiger partial charge is 0.341 e. The lowest BCUT2D eigenvalue weighted by molar-refractivity contribution is 0.390. The summed E-state index contributed by atoms with van der Waals surface area (Å²) in [5.74, 6) is 0.695. The highest BCUT2D eigenvalue weighted by Crippen LogP contribution is 2.31. The fourth-order valence-corrected chi connectivity index (χ4v) is 3.40. The predicted octanol–water partition coefficient (Wildman–Crippen LogP) is 2.02. The summed E-state index contributed by atoms with van der Waals surface area (Å²) < 4.78 is 0. The van der Waals surface area contributed by atoms with Crippen LogP contribution in [0.1, 0.15) is 30.3 Å². The van der Waals surface area contributed by atoms with Crippen LogP contribution in [0.15, 0.2) is 29.3 Å². The van der Waals surface area contributed by atoms with E-state index in [1.807, 2.05) is 18.4 Å². The minimum Gasteiger partial charge on any atom is -0.341 e. The van der Waals surface area contributed by atoms with Gasteiger partial charge in [0.05, 0.1) is 23.4 Å². The first-order chi connectivity index (χ1) is 11.3. The summed E-state index contributed by atoms with van der Waals surface area (Å²) in [5.41, 5.74) is 1.31. The third-order valence-corrected chi connectivity index (χ3v) is 4.59. The first-order valence-corrected chi connectivity index (χ1v) is 8.57. The first-order valence-electron chi connectivity index (χ1n) is 7.34. The van der Waals surface area contributed by atoms with E-state index < -0.39 is 0 Å². The van der Waals surface area contributed by atoms with Crippen molar-refractivity contribution in [1.82, 2.24) is 25.1 Å². The van der Waals surface area contributed by atoms with Crippen LogP contribution in [-0.4, -0.2) is 50.1 Å². The van der Waals surface area contributed by atoms with E-state index in [9.17, 15) is 0 Å². The molecule has 0 bridgehead atoms. The molecule has 1 fully saturated rings. The number of benzene rings is 1. The molecule has 1 aromatic heterocycles. The zero-order chi connectivity index (χ0) is 16.2. The number of amidine groups is 1. The smallest absolute Gasteiger partial charge is 0.197 e. The van der Waals surface area contributed by atoms with Crippen LogP contribution in [0, 0.1) is 11.3 Å². The second kappa shape index (κ2) is 6.79. The fourth-order valence-electron chi connectivity index (χ4n) is 2.77. The maximum atomic E-state index is 9.00. The molecule has 23 heavy (non-hydrogen) atoms. The van der Waals surface area contributed by atoms with E-state index in [0.717, 1.165) is 30.2 Å². The van der Waals surface area contributed by atoms with Crippen LogP contribution in [0.3, 0.4) is 0 Å². The van der Waals surface area contributed by atoms with Gasteiger partial charge in [-0.1, -0.05) is 17.8 Å². The fraction of sp³-hybridized carbons (Fsp3) is 0.400. The lowest BCUT2D eigenvalue weighted by Gasteiger charge is -2.24. The number of aromatic nitrogens is 4. The van der Waals surface area contributed by atoms with Crippen molar-refractivity contribution in [2.24, 2.45) is 4.99 Å². The third-order valence-electron chi connectivity index (χ3n) is 3.81. The van der Waals surface area contributed by atoms with Crippen LogP contribution in [-0.2, 0) is 0 Å². The van der Waals surface area contributed by atoms with Crippen LogP contribution in [0.4, 0.5) is 0 Å². The molecular formula is C15H17N7S. The van der Waals surface area contributed by atoms with Crippen molar-refractivity contribution in [2.75, 3.05) is 19.8 Å². The van der Waals surface area contributed by atoms with Gasteiger partial charge in [-0.05, 0) is 42.5 Å². The minimum absolute atomic E-state index is 0.106. The number of hydrogen-bond acceptors (Lipinski definition) is 6. The van der Waals surface area contributed by atoms with Crippen LogP contribution in [0.25, 0.3) is 5.69 Å².